The van der Waals surface area contributed by atoms with Crippen LogP contribution in [0.2, 0.25) is 5.02 Å². The monoisotopic (exact) mass is 390 g/mol. The Labute approximate surface area is 161 Å². The molecule has 8 heteroatoms. The average molecular weight is 391 g/mol. The van der Waals surface area contributed by atoms with E-state index in [1.807, 2.05) is 0 Å². The van der Waals surface area contributed by atoms with Crippen LogP contribution in [0.25, 0.3) is 0 Å². The maximum atomic E-state index is 12.4. The van der Waals surface area contributed by atoms with E-state index in [9.17, 15) is 9.59 Å². The van der Waals surface area contributed by atoms with E-state index < -0.39 is 12.2 Å². The first kappa shape index (κ1) is 18.8. The summed E-state index contributed by atoms with van der Waals surface area (Å²) in [5.41, 5.74) is 1.08. The maximum Gasteiger partial charge on any atom is 0.414 e. The molecule has 2 aromatic rings. The molecular weight excluding hydrogens is 372 g/mol. The van der Waals surface area contributed by atoms with Crippen LogP contribution >= 0.6 is 11.6 Å². The molecule has 0 saturated carbocycles. The van der Waals surface area contributed by atoms with Crippen molar-refractivity contribution in [3.8, 4) is 11.5 Å². The van der Waals surface area contributed by atoms with E-state index in [1.165, 1.54) is 19.1 Å². The summed E-state index contributed by atoms with van der Waals surface area (Å²) in [6, 6.07) is 11.8. The Bertz CT molecular complexity index is 818. The molecule has 1 unspecified atom stereocenters. The summed E-state index contributed by atoms with van der Waals surface area (Å²) in [5, 5.41) is 3.36. The molecule has 142 valence electrons. The van der Waals surface area contributed by atoms with Crippen molar-refractivity contribution in [3.05, 3.63) is 53.1 Å². The van der Waals surface area contributed by atoms with Gasteiger partial charge >= 0.3 is 6.09 Å². The van der Waals surface area contributed by atoms with Gasteiger partial charge in [0.2, 0.25) is 0 Å². The molecule has 1 aliphatic rings. The van der Waals surface area contributed by atoms with Gasteiger partial charge < -0.3 is 19.5 Å². The van der Waals surface area contributed by atoms with Gasteiger partial charge in [-0.1, -0.05) is 11.6 Å². The number of ether oxygens (including phenoxy) is 3. The number of nitrogens with zero attached hydrogens (tertiary/aromatic N) is 1. The second-order valence-electron chi connectivity index (χ2n) is 5.90. The van der Waals surface area contributed by atoms with Gasteiger partial charge in [0.15, 0.2) is 0 Å². The van der Waals surface area contributed by atoms with Gasteiger partial charge in [0, 0.05) is 22.3 Å². The summed E-state index contributed by atoms with van der Waals surface area (Å²) in [6.45, 7) is 0.524. The Balaban J connectivity index is 1.61. The Kier molecular flexibility index (Phi) is 5.71. The summed E-state index contributed by atoms with van der Waals surface area (Å²) < 4.78 is 15.7. The van der Waals surface area contributed by atoms with E-state index >= 15 is 0 Å². The van der Waals surface area contributed by atoms with E-state index in [2.05, 4.69) is 5.32 Å². The van der Waals surface area contributed by atoms with Crippen molar-refractivity contribution in [2.75, 3.05) is 32.2 Å². The number of benzene rings is 2. The van der Waals surface area contributed by atoms with Crippen LogP contribution in [0, 0.1) is 0 Å². The van der Waals surface area contributed by atoms with E-state index in [4.69, 9.17) is 25.8 Å². The smallest absolute Gasteiger partial charge is 0.414 e. The molecule has 1 heterocycles. The quantitative estimate of drug-likeness (QED) is 0.820. The number of nitrogens with one attached hydrogen (secondary N) is 1. The molecule has 0 spiro atoms. The van der Waals surface area contributed by atoms with Gasteiger partial charge in [0.05, 0.1) is 27.3 Å². The van der Waals surface area contributed by atoms with E-state index in [1.54, 1.807) is 42.5 Å². The third kappa shape index (κ3) is 4.43. The first-order valence-electron chi connectivity index (χ1n) is 8.25. The summed E-state index contributed by atoms with van der Waals surface area (Å²) in [7, 11) is 3.03. The normalized spacial score (nSPS) is 16.0. The molecule has 1 atom stereocenters. The number of hydrogen-bond donors (Lipinski definition) is 1. The van der Waals surface area contributed by atoms with Gasteiger partial charge in [-0.05, 0) is 36.4 Å². The number of carbonyl (C=O) groups excluding carboxylic acids is 2. The molecule has 0 aromatic heterocycles. The molecule has 2 aromatic carbocycles. The van der Waals surface area contributed by atoms with Gasteiger partial charge in [0.25, 0.3) is 5.91 Å². The molecule has 3 rings (SSSR count). The van der Waals surface area contributed by atoms with Gasteiger partial charge in [-0.15, -0.1) is 0 Å². The van der Waals surface area contributed by atoms with Crippen LogP contribution in [0.3, 0.4) is 0 Å². The molecule has 7 nitrogen and oxygen atoms in total. The van der Waals surface area contributed by atoms with Crippen molar-refractivity contribution in [2.24, 2.45) is 0 Å². The molecule has 1 fully saturated rings. The van der Waals surface area contributed by atoms with Gasteiger partial charge in [-0.2, -0.15) is 0 Å². The zero-order valence-corrected chi connectivity index (χ0v) is 15.7. The van der Waals surface area contributed by atoms with E-state index in [0.29, 0.717) is 34.3 Å². The fourth-order valence-electron chi connectivity index (χ4n) is 2.71. The Morgan fingerprint density at radius 1 is 1.19 bits per heavy atom. The highest BCUT2D eigenvalue weighted by molar-refractivity contribution is 6.30. The van der Waals surface area contributed by atoms with Crippen LogP contribution in [0.15, 0.2) is 42.5 Å². The highest BCUT2D eigenvalue weighted by Gasteiger charge is 2.32. The molecule has 0 radical (unpaired) electrons. The van der Waals surface area contributed by atoms with Crippen molar-refractivity contribution in [1.82, 2.24) is 5.32 Å². The third-order valence-electron chi connectivity index (χ3n) is 4.12. The molecule has 1 aliphatic heterocycles. The van der Waals surface area contributed by atoms with Crippen LogP contribution in [0.5, 0.6) is 11.5 Å². The molecule has 1 N–H and O–H groups in total. The lowest BCUT2D eigenvalue weighted by Crippen LogP contribution is -2.34. The fourth-order valence-corrected chi connectivity index (χ4v) is 2.83. The van der Waals surface area contributed by atoms with Crippen molar-refractivity contribution in [1.29, 1.82) is 0 Å². The first-order valence-corrected chi connectivity index (χ1v) is 8.63. The van der Waals surface area contributed by atoms with Crippen LogP contribution in [0.1, 0.15) is 10.4 Å². The highest BCUT2D eigenvalue weighted by atomic mass is 35.5. The molecule has 2 amide bonds. The summed E-state index contributed by atoms with van der Waals surface area (Å²) in [6.07, 6.45) is -0.913. The Morgan fingerprint density at radius 3 is 2.41 bits per heavy atom. The van der Waals surface area contributed by atoms with Crippen molar-refractivity contribution < 1.29 is 23.8 Å². The molecular formula is C19H19ClN2O5. The van der Waals surface area contributed by atoms with Crippen molar-refractivity contribution in [2.45, 2.75) is 6.10 Å². The number of halogens is 1. The largest absolute Gasteiger partial charge is 0.497 e. The number of cyclic esters (lactones) is 1. The lowest BCUT2D eigenvalue weighted by Gasteiger charge is -2.13. The Morgan fingerprint density at radius 2 is 1.81 bits per heavy atom. The predicted molar refractivity (Wildman–Crippen MR) is 101 cm³/mol. The number of amides is 2. The van der Waals surface area contributed by atoms with Crippen LogP contribution in [-0.2, 0) is 4.74 Å². The van der Waals surface area contributed by atoms with Crippen LogP contribution in [0.4, 0.5) is 10.5 Å². The maximum absolute atomic E-state index is 12.4. The number of anilines is 1. The molecule has 27 heavy (non-hydrogen) atoms. The summed E-state index contributed by atoms with van der Waals surface area (Å²) >= 11 is 5.87. The minimum absolute atomic E-state index is 0.189. The van der Waals surface area contributed by atoms with E-state index in [0.717, 1.165) is 0 Å². The predicted octanol–water partition coefficient (Wildman–Crippen LogP) is 3.11. The number of hydrogen-bond acceptors (Lipinski definition) is 5. The van der Waals surface area contributed by atoms with Gasteiger partial charge in [-0.25, -0.2) is 4.79 Å². The SMILES string of the molecule is COc1cc(OC)cc(C(=O)NCC2CN(c3ccc(Cl)cc3)C(=O)O2)c1. The second-order valence-corrected chi connectivity index (χ2v) is 6.34. The average Bonchev–Trinajstić information content (AvgIpc) is 3.06. The topological polar surface area (TPSA) is 77.1 Å². The number of carbonyl (C=O) groups is 2. The lowest BCUT2D eigenvalue weighted by molar-refractivity contribution is 0.0915. The van der Waals surface area contributed by atoms with E-state index in [-0.39, 0.29) is 12.5 Å². The highest BCUT2D eigenvalue weighted by Crippen LogP contribution is 2.24. The number of methoxy groups -OCH3 is 2. The third-order valence-corrected chi connectivity index (χ3v) is 4.37. The van der Waals surface area contributed by atoms with Gasteiger partial charge in [-0.3, -0.25) is 9.69 Å². The lowest BCUT2D eigenvalue weighted by atomic mass is 10.2. The minimum atomic E-state index is -0.459. The Hall–Kier alpha value is -2.93. The molecule has 0 aliphatic carbocycles. The van der Waals surface area contributed by atoms with Crippen molar-refractivity contribution in [3.63, 3.8) is 0 Å². The summed E-state index contributed by atoms with van der Waals surface area (Å²) in [5.74, 6) is 0.717. The fraction of sp³-hybridized carbons (Fsp3) is 0.263. The van der Waals surface area contributed by atoms with Crippen molar-refractivity contribution >= 4 is 29.3 Å². The minimum Gasteiger partial charge on any atom is -0.497 e. The molecule has 0 bridgehead atoms. The van der Waals surface area contributed by atoms with Crippen LogP contribution < -0.4 is 19.7 Å². The zero-order valence-electron chi connectivity index (χ0n) is 14.9. The second kappa shape index (κ2) is 8.18. The zero-order chi connectivity index (χ0) is 19.4. The first-order chi connectivity index (χ1) is 13.0. The molecule has 1 saturated heterocycles. The van der Waals surface area contributed by atoms with Gasteiger partial charge in [0.1, 0.15) is 17.6 Å². The standard InChI is InChI=1S/C19H19ClN2O5/c1-25-15-7-12(8-16(9-15)26-2)18(23)21-10-17-11-22(19(24)27-17)14-5-3-13(20)4-6-14/h3-9,17H,10-11H2,1-2H3,(H,21,23). The van der Waals surface area contributed by atoms with Crippen LogP contribution in [-0.4, -0.2) is 45.4 Å². The number of rotatable bonds is 6. The summed E-state index contributed by atoms with van der Waals surface area (Å²) in [4.78, 5) is 26.0.